The van der Waals surface area contributed by atoms with E-state index in [-0.39, 0.29) is 18.1 Å². The molecule has 3 aromatic rings. The van der Waals surface area contributed by atoms with Gasteiger partial charge in [0.2, 0.25) is 0 Å². The average Bonchev–Trinajstić information content (AvgIpc) is 2.92. The van der Waals surface area contributed by atoms with Crippen molar-refractivity contribution in [2.45, 2.75) is 19.0 Å². The summed E-state index contributed by atoms with van der Waals surface area (Å²) in [5, 5.41) is 12.0. The molecule has 1 aliphatic rings. The standard InChI is InChI=1S/C22H16Cl2N2O3/c1-22(15-7-9-16(23)10-8-15)20-18(3-2-4-19(20)24)21(27)25(22)13-14-5-11-17(12-6-14)26(28)29/h2-12H,13H2,1H3. The Morgan fingerprint density at radius 3 is 2.28 bits per heavy atom. The third-order valence-corrected chi connectivity index (χ3v) is 5.98. The van der Waals surface area contributed by atoms with Crippen LogP contribution >= 0.6 is 23.2 Å². The molecular formula is C22H16Cl2N2O3. The summed E-state index contributed by atoms with van der Waals surface area (Å²) < 4.78 is 0. The molecule has 0 saturated heterocycles. The van der Waals surface area contributed by atoms with E-state index in [1.165, 1.54) is 12.1 Å². The van der Waals surface area contributed by atoms with Crippen LogP contribution in [0.2, 0.25) is 10.0 Å². The lowest BCUT2D eigenvalue weighted by Gasteiger charge is -2.37. The fourth-order valence-electron chi connectivity index (χ4n) is 3.89. The highest BCUT2D eigenvalue weighted by atomic mass is 35.5. The molecule has 1 aliphatic heterocycles. The van der Waals surface area contributed by atoms with E-state index in [4.69, 9.17) is 23.2 Å². The van der Waals surface area contributed by atoms with Crippen LogP contribution in [0.1, 0.15) is 34.0 Å². The van der Waals surface area contributed by atoms with Gasteiger partial charge in [-0.15, -0.1) is 0 Å². The minimum atomic E-state index is -0.808. The van der Waals surface area contributed by atoms with Crippen LogP contribution < -0.4 is 0 Å². The molecule has 0 aliphatic carbocycles. The average molecular weight is 427 g/mol. The second-order valence-corrected chi connectivity index (χ2v) is 7.90. The summed E-state index contributed by atoms with van der Waals surface area (Å²) in [4.78, 5) is 25.5. The highest BCUT2D eigenvalue weighted by molar-refractivity contribution is 6.32. The van der Waals surface area contributed by atoms with Gasteiger partial charge in [0.25, 0.3) is 11.6 Å². The molecule has 0 aromatic heterocycles. The zero-order valence-electron chi connectivity index (χ0n) is 15.4. The summed E-state index contributed by atoms with van der Waals surface area (Å²) in [6.45, 7) is 2.23. The Morgan fingerprint density at radius 1 is 1.00 bits per heavy atom. The fourth-order valence-corrected chi connectivity index (χ4v) is 4.38. The predicted octanol–water partition coefficient (Wildman–Crippen LogP) is 5.82. The number of carbonyl (C=O) groups excluding carboxylic acids is 1. The summed E-state index contributed by atoms with van der Waals surface area (Å²) in [6, 6.07) is 18.9. The zero-order valence-corrected chi connectivity index (χ0v) is 16.9. The third-order valence-electron chi connectivity index (χ3n) is 5.41. The highest BCUT2D eigenvalue weighted by Crippen LogP contribution is 2.47. The number of nitro benzene ring substituents is 1. The van der Waals surface area contributed by atoms with Crippen LogP contribution in [0.15, 0.2) is 66.7 Å². The molecule has 1 amide bonds. The van der Waals surface area contributed by atoms with Crippen molar-refractivity contribution >= 4 is 34.8 Å². The highest BCUT2D eigenvalue weighted by Gasteiger charge is 2.48. The third kappa shape index (κ3) is 3.16. The number of amides is 1. The summed E-state index contributed by atoms with van der Waals surface area (Å²) >= 11 is 12.6. The van der Waals surface area contributed by atoms with Crippen LogP contribution in [0.4, 0.5) is 5.69 Å². The van der Waals surface area contributed by atoms with Gasteiger partial charge >= 0.3 is 0 Å². The molecule has 0 bridgehead atoms. The van der Waals surface area contributed by atoms with E-state index in [2.05, 4.69) is 0 Å². The maximum atomic E-state index is 13.3. The first-order valence-electron chi connectivity index (χ1n) is 8.92. The second kappa shape index (κ2) is 7.17. The van der Waals surface area contributed by atoms with Gasteiger partial charge in [0, 0.05) is 39.8 Å². The number of non-ortho nitro benzene ring substituents is 1. The smallest absolute Gasteiger partial charge is 0.269 e. The Bertz CT molecular complexity index is 1110. The zero-order chi connectivity index (χ0) is 20.8. The molecule has 5 nitrogen and oxygen atoms in total. The molecule has 29 heavy (non-hydrogen) atoms. The number of halogens is 2. The summed E-state index contributed by atoms with van der Waals surface area (Å²) in [5.41, 5.74) is 2.16. The number of carbonyl (C=O) groups is 1. The van der Waals surface area contributed by atoms with Crippen molar-refractivity contribution < 1.29 is 9.72 Å². The minimum Gasteiger partial charge on any atom is -0.321 e. The van der Waals surface area contributed by atoms with E-state index < -0.39 is 10.5 Å². The van der Waals surface area contributed by atoms with Gasteiger partial charge in [0.05, 0.1) is 10.5 Å². The van der Waals surface area contributed by atoms with Gasteiger partial charge < -0.3 is 4.90 Å². The molecule has 0 N–H and O–H groups in total. The molecule has 1 heterocycles. The van der Waals surface area contributed by atoms with Gasteiger partial charge in [-0.2, -0.15) is 0 Å². The lowest BCUT2D eigenvalue weighted by molar-refractivity contribution is -0.384. The molecule has 0 radical (unpaired) electrons. The predicted molar refractivity (Wildman–Crippen MR) is 112 cm³/mol. The SMILES string of the molecule is CC1(c2ccc(Cl)cc2)c2c(Cl)cccc2C(=O)N1Cc1ccc([N+](=O)[O-])cc1. The van der Waals surface area contributed by atoms with Crippen LogP contribution in [-0.2, 0) is 12.1 Å². The maximum absolute atomic E-state index is 13.3. The van der Waals surface area contributed by atoms with Gasteiger partial charge in [-0.25, -0.2) is 0 Å². The number of nitro groups is 1. The molecule has 0 saturated carbocycles. The quantitative estimate of drug-likeness (QED) is 0.389. The fraction of sp³-hybridized carbons (Fsp3) is 0.136. The van der Waals surface area contributed by atoms with Crippen LogP contribution in [0.3, 0.4) is 0 Å². The number of nitrogens with zero attached hydrogens (tertiary/aromatic N) is 2. The number of hydrogen-bond donors (Lipinski definition) is 0. The van der Waals surface area contributed by atoms with Gasteiger partial charge in [-0.1, -0.05) is 53.5 Å². The van der Waals surface area contributed by atoms with Crippen molar-refractivity contribution in [3.05, 3.63) is 109 Å². The molecule has 0 fully saturated rings. The summed E-state index contributed by atoms with van der Waals surface area (Å²) in [6.07, 6.45) is 0. The Hall–Kier alpha value is -2.89. The first kappa shape index (κ1) is 19.4. The Morgan fingerprint density at radius 2 is 1.66 bits per heavy atom. The van der Waals surface area contributed by atoms with Crippen molar-refractivity contribution in [3.63, 3.8) is 0 Å². The van der Waals surface area contributed by atoms with E-state index in [9.17, 15) is 14.9 Å². The van der Waals surface area contributed by atoms with Crippen molar-refractivity contribution in [1.82, 2.24) is 4.90 Å². The second-order valence-electron chi connectivity index (χ2n) is 7.06. The lowest BCUT2D eigenvalue weighted by atomic mass is 9.84. The van der Waals surface area contributed by atoms with E-state index in [0.29, 0.717) is 15.6 Å². The van der Waals surface area contributed by atoms with Crippen molar-refractivity contribution in [3.8, 4) is 0 Å². The lowest BCUT2D eigenvalue weighted by Crippen LogP contribution is -2.42. The minimum absolute atomic E-state index is 0.00768. The molecule has 3 aromatic carbocycles. The summed E-state index contributed by atoms with van der Waals surface area (Å²) in [7, 11) is 0. The van der Waals surface area contributed by atoms with E-state index >= 15 is 0 Å². The topological polar surface area (TPSA) is 63.5 Å². The van der Waals surface area contributed by atoms with Crippen LogP contribution in [0, 0.1) is 10.1 Å². The molecule has 1 atom stereocenters. The maximum Gasteiger partial charge on any atom is 0.269 e. The van der Waals surface area contributed by atoms with Gasteiger partial charge in [-0.05, 0) is 42.3 Å². The molecule has 1 unspecified atom stereocenters. The van der Waals surface area contributed by atoms with Crippen molar-refractivity contribution in [1.29, 1.82) is 0 Å². The van der Waals surface area contributed by atoms with E-state index in [1.54, 1.807) is 47.4 Å². The summed E-state index contributed by atoms with van der Waals surface area (Å²) in [5.74, 6) is -0.140. The van der Waals surface area contributed by atoms with Gasteiger partial charge in [0.15, 0.2) is 0 Å². The van der Waals surface area contributed by atoms with Crippen molar-refractivity contribution in [2.24, 2.45) is 0 Å². The van der Waals surface area contributed by atoms with Crippen LogP contribution in [-0.4, -0.2) is 15.7 Å². The molecule has 7 heteroatoms. The van der Waals surface area contributed by atoms with Gasteiger partial charge in [-0.3, -0.25) is 14.9 Å². The first-order valence-corrected chi connectivity index (χ1v) is 9.68. The number of rotatable bonds is 4. The Kier molecular flexibility index (Phi) is 4.81. The van der Waals surface area contributed by atoms with E-state index in [0.717, 1.165) is 16.7 Å². The van der Waals surface area contributed by atoms with Crippen LogP contribution in [0.5, 0.6) is 0 Å². The first-order chi connectivity index (χ1) is 13.8. The number of fused-ring (bicyclic) bond motifs is 1. The van der Waals surface area contributed by atoms with E-state index in [1.807, 2.05) is 19.1 Å². The number of hydrogen-bond acceptors (Lipinski definition) is 3. The van der Waals surface area contributed by atoms with Crippen LogP contribution in [0.25, 0.3) is 0 Å². The number of benzene rings is 3. The molecule has 146 valence electrons. The normalized spacial score (nSPS) is 18.0. The van der Waals surface area contributed by atoms with Crippen molar-refractivity contribution in [2.75, 3.05) is 0 Å². The Balaban J connectivity index is 1.83. The molecule has 4 rings (SSSR count). The van der Waals surface area contributed by atoms with Gasteiger partial charge in [0.1, 0.15) is 0 Å². The molecular weight excluding hydrogens is 411 g/mol. The monoisotopic (exact) mass is 426 g/mol. The molecule has 0 spiro atoms. The largest absolute Gasteiger partial charge is 0.321 e. The Labute approximate surface area is 177 Å².